The average molecular weight is 511 g/mol. The molecular weight excluding hydrogens is 484 g/mol. The van der Waals surface area contributed by atoms with Gasteiger partial charge in [0.2, 0.25) is 0 Å². The number of carbonyl (C=O) groups is 1. The van der Waals surface area contributed by atoms with E-state index in [-0.39, 0.29) is 11.5 Å². The monoisotopic (exact) mass is 510 g/mol. The fraction of sp³-hybridized carbons (Fsp3) is 0.259. The number of rotatable bonds is 8. The summed E-state index contributed by atoms with van der Waals surface area (Å²) in [5.41, 5.74) is 12.8. The van der Waals surface area contributed by atoms with Crippen LogP contribution < -0.4 is 10.1 Å². The molecule has 4 heterocycles. The maximum absolute atomic E-state index is 12.7. The maximum Gasteiger partial charge on any atom is 0.274 e. The number of nitrogens with one attached hydrogen (secondary N) is 1. The first kappa shape index (κ1) is 24.9. The molecule has 5 rings (SSSR count). The highest BCUT2D eigenvalue weighted by atomic mass is 16.5. The zero-order valence-corrected chi connectivity index (χ0v) is 20.8. The van der Waals surface area contributed by atoms with Gasteiger partial charge in [-0.2, -0.15) is 5.10 Å². The van der Waals surface area contributed by atoms with Crippen LogP contribution in [0.3, 0.4) is 0 Å². The fourth-order valence-electron chi connectivity index (χ4n) is 4.22. The van der Waals surface area contributed by atoms with E-state index in [1.54, 1.807) is 35.4 Å². The normalized spacial score (nSPS) is 13.5. The second-order valence-electron chi connectivity index (χ2n) is 8.94. The summed E-state index contributed by atoms with van der Waals surface area (Å²) in [5, 5.41) is 10.9. The van der Waals surface area contributed by atoms with Gasteiger partial charge in [-0.3, -0.25) is 9.78 Å². The minimum atomic E-state index is -0.419. The summed E-state index contributed by atoms with van der Waals surface area (Å²) in [7, 11) is 0. The molecule has 38 heavy (non-hydrogen) atoms. The molecule has 0 saturated carbocycles. The lowest BCUT2D eigenvalue weighted by molar-refractivity contribution is 0.0498. The Kier molecular flexibility index (Phi) is 7.58. The van der Waals surface area contributed by atoms with Crippen molar-refractivity contribution < 1.29 is 14.3 Å². The van der Waals surface area contributed by atoms with Crippen LogP contribution >= 0.6 is 0 Å². The van der Waals surface area contributed by atoms with Gasteiger partial charge in [-0.05, 0) is 72.2 Å². The standard InChI is InChI=1S/C27H26N8O3/c1-18-5-6-21(31-27(36)23-3-2-4-26(32-23)33-34-28)13-24(18)35-16-20(14-30-35)22-15-29-10-7-25(22)38-17-19-8-11-37-12-9-19/h2-7,10,13-16,19H,8-9,11-12,17H2,1H3,(H,31,36). The van der Waals surface area contributed by atoms with Crippen LogP contribution in [0.2, 0.25) is 0 Å². The van der Waals surface area contributed by atoms with Gasteiger partial charge in [0.25, 0.3) is 5.91 Å². The van der Waals surface area contributed by atoms with Crippen LogP contribution in [-0.2, 0) is 4.74 Å². The van der Waals surface area contributed by atoms with Crippen molar-refractivity contribution >= 4 is 17.4 Å². The van der Waals surface area contributed by atoms with Crippen molar-refractivity contribution in [2.75, 3.05) is 25.1 Å². The second-order valence-corrected chi connectivity index (χ2v) is 8.94. The van der Waals surface area contributed by atoms with Crippen LogP contribution in [0.25, 0.3) is 27.3 Å². The third-order valence-corrected chi connectivity index (χ3v) is 6.32. The van der Waals surface area contributed by atoms with Gasteiger partial charge in [-0.1, -0.05) is 12.1 Å². The molecule has 1 N–H and O–H groups in total. The summed E-state index contributed by atoms with van der Waals surface area (Å²) in [4.78, 5) is 23.8. The van der Waals surface area contributed by atoms with Crippen molar-refractivity contribution in [1.82, 2.24) is 19.7 Å². The van der Waals surface area contributed by atoms with Gasteiger partial charge in [0, 0.05) is 53.5 Å². The van der Waals surface area contributed by atoms with E-state index in [1.807, 2.05) is 37.4 Å². The predicted molar refractivity (Wildman–Crippen MR) is 142 cm³/mol. The summed E-state index contributed by atoms with van der Waals surface area (Å²) in [5.74, 6) is 0.946. The summed E-state index contributed by atoms with van der Waals surface area (Å²) in [6.07, 6.45) is 9.19. The molecule has 11 heteroatoms. The molecule has 1 aromatic carbocycles. The number of anilines is 1. The van der Waals surface area contributed by atoms with Gasteiger partial charge in [-0.15, -0.1) is 0 Å². The van der Waals surface area contributed by atoms with Crippen molar-refractivity contribution in [2.45, 2.75) is 19.8 Å². The van der Waals surface area contributed by atoms with Crippen molar-refractivity contribution in [1.29, 1.82) is 0 Å². The third-order valence-electron chi connectivity index (χ3n) is 6.32. The van der Waals surface area contributed by atoms with Crippen LogP contribution in [0.5, 0.6) is 5.75 Å². The topological polar surface area (TPSA) is 140 Å². The number of nitrogens with zero attached hydrogens (tertiary/aromatic N) is 7. The quantitative estimate of drug-likeness (QED) is 0.185. The molecule has 1 aliphatic heterocycles. The number of pyridine rings is 2. The van der Waals surface area contributed by atoms with Gasteiger partial charge < -0.3 is 14.8 Å². The highest BCUT2D eigenvalue weighted by molar-refractivity contribution is 6.03. The molecule has 0 bridgehead atoms. The van der Waals surface area contributed by atoms with Crippen molar-refractivity contribution in [3.63, 3.8) is 0 Å². The first-order valence-corrected chi connectivity index (χ1v) is 12.2. The van der Waals surface area contributed by atoms with E-state index in [0.29, 0.717) is 18.2 Å². The van der Waals surface area contributed by atoms with Crippen molar-refractivity contribution in [3.8, 4) is 22.6 Å². The molecule has 1 aliphatic rings. The number of aryl methyl sites for hydroxylation is 1. The Labute approximate surface area is 219 Å². The molecule has 0 spiro atoms. The third kappa shape index (κ3) is 5.80. The second kappa shape index (κ2) is 11.5. The first-order valence-electron chi connectivity index (χ1n) is 12.2. The zero-order chi connectivity index (χ0) is 26.3. The molecule has 192 valence electrons. The Hall–Kier alpha value is -4.73. The molecule has 11 nitrogen and oxygen atoms in total. The van der Waals surface area contributed by atoms with E-state index < -0.39 is 5.91 Å². The summed E-state index contributed by atoms with van der Waals surface area (Å²) >= 11 is 0. The Morgan fingerprint density at radius 2 is 2.11 bits per heavy atom. The van der Waals surface area contributed by atoms with Gasteiger partial charge in [-0.25, -0.2) is 9.67 Å². The number of benzene rings is 1. The molecular formula is C27H26N8O3. The predicted octanol–water partition coefficient (Wildman–Crippen LogP) is 5.64. The zero-order valence-electron chi connectivity index (χ0n) is 20.8. The molecule has 4 aromatic rings. The number of ether oxygens (including phenoxy) is 2. The Morgan fingerprint density at radius 3 is 2.95 bits per heavy atom. The van der Waals surface area contributed by atoms with E-state index in [2.05, 4.69) is 30.4 Å². The number of hydrogen-bond donors (Lipinski definition) is 1. The van der Waals surface area contributed by atoms with Crippen LogP contribution in [-0.4, -0.2) is 45.5 Å². The number of carbonyl (C=O) groups excluding carboxylic acids is 1. The largest absolute Gasteiger partial charge is 0.493 e. The fourth-order valence-corrected chi connectivity index (χ4v) is 4.22. The molecule has 1 fully saturated rings. The van der Waals surface area contributed by atoms with Gasteiger partial charge >= 0.3 is 0 Å². The van der Waals surface area contributed by atoms with Crippen LogP contribution in [0, 0.1) is 12.8 Å². The van der Waals surface area contributed by atoms with Crippen LogP contribution in [0.1, 0.15) is 28.9 Å². The number of hydrogen-bond acceptors (Lipinski definition) is 7. The highest BCUT2D eigenvalue weighted by Gasteiger charge is 2.17. The molecule has 3 aromatic heterocycles. The Balaban J connectivity index is 1.34. The lowest BCUT2D eigenvalue weighted by Gasteiger charge is -2.22. The average Bonchev–Trinajstić information content (AvgIpc) is 3.44. The van der Waals surface area contributed by atoms with Crippen molar-refractivity contribution in [3.05, 3.63) is 89.0 Å². The van der Waals surface area contributed by atoms with E-state index in [0.717, 1.165) is 54.2 Å². The number of aromatic nitrogens is 4. The highest BCUT2D eigenvalue weighted by Crippen LogP contribution is 2.31. The van der Waals surface area contributed by atoms with E-state index in [1.165, 1.54) is 6.07 Å². The number of amides is 1. The molecule has 0 atom stereocenters. The smallest absolute Gasteiger partial charge is 0.274 e. The Bertz CT molecular complexity index is 1490. The van der Waals surface area contributed by atoms with Crippen LogP contribution in [0.15, 0.2) is 72.4 Å². The van der Waals surface area contributed by atoms with Crippen LogP contribution in [0.4, 0.5) is 11.5 Å². The van der Waals surface area contributed by atoms with Gasteiger partial charge in [0.15, 0.2) is 0 Å². The maximum atomic E-state index is 12.7. The minimum absolute atomic E-state index is 0.125. The summed E-state index contributed by atoms with van der Waals surface area (Å²) in [6.45, 7) is 4.17. The summed E-state index contributed by atoms with van der Waals surface area (Å²) in [6, 6.07) is 12.1. The molecule has 0 aliphatic carbocycles. The van der Waals surface area contributed by atoms with E-state index >= 15 is 0 Å². The molecule has 0 radical (unpaired) electrons. The van der Waals surface area contributed by atoms with E-state index in [4.69, 9.17) is 15.0 Å². The molecule has 1 saturated heterocycles. The van der Waals surface area contributed by atoms with Crippen molar-refractivity contribution in [2.24, 2.45) is 11.0 Å². The number of azide groups is 1. The van der Waals surface area contributed by atoms with Gasteiger partial charge in [0.1, 0.15) is 17.3 Å². The lowest BCUT2D eigenvalue weighted by atomic mass is 10.0. The molecule has 0 unspecified atom stereocenters. The first-order chi connectivity index (χ1) is 18.6. The lowest BCUT2D eigenvalue weighted by Crippen LogP contribution is -2.21. The Morgan fingerprint density at radius 1 is 1.24 bits per heavy atom. The summed E-state index contributed by atoms with van der Waals surface area (Å²) < 4.78 is 13.4. The SMILES string of the molecule is Cc1ccc(NC(=O)c2cccc(N=[N+]=[N-])n2)cc1-n1cc(-c2cnccc2OCC2CCOCC2)cn1. The van der Waals surface area contributed by atoms with E-state index in [9.17, 15) is 4.79 Å². The van der Waals surface area contributed by atoms with Gasteiger partial charge in [0.05, 0.1) is 18.5 Å². The minimum Gasteiger partial charge on any atom is -0.493 e. The molecule has 1 amide bonds.